The minimum absolute atomic E-state index is 0.362. The highest BCUT2D eigenvalue weighted by Crippen LogP contribution is 2.32. The lowest BCUT2D eigenvalue weighted by atomic mass is 10.1. The van der Waals surface area contributed by atoms with Gasteiger partial charge in [-0.05, 0) is 29.6 Å². The molecule has 0 aliphatic heterocycles. The maximum absolute atomic E-state index is 13.5. The van der Waals surface area contributed by atoms with Crippen LogP contribution in [0.4, 0.5) is 8.78 Å². The van der Waals surface area contributed by atoms with Gasteiger partial charge < -0.3 is 0 Å². The van der Waals surface area contributed by atoms with E-state index in [1.165, 1.54) is 28.7 Å². The van der Waals surface area contributed by atoms with Crippen molar-refractivity contribution < 1.29 is 13.6 Å². The third-order valence-corrected chi connectivity index (χ3v) is 4.65. The maximum atomic E-state index is 13.5. The van der Waals surface area contributed by atoms with Gasteiger partial charge in [0.15, 0.2) is 0 Å². The number of ketones is 1. The molecule has 2 heterocycles. The topological polar surface area (TPSA) is 17.1 Å². The molecule has 0 N–H and O–H groups in total. The number of hydrogen-bond donors (Lipinski definition) is 0. The van der Waals surface area contributed by atoms with Gasteiger partial charge >= 0.3 is 0 Å². The molecule has 3 rings (SSSR count). The van der Waals surface area contributed by atoms with E-state index in [0.717, 1.165) is 21.5 Å². The van der Waals surface area contributed by atoms with Crippen LogP contribution >= 0.6 is 22.7 Å². The van der Waals surface area contributed by atoms with Crippen LogP contribution in [0, 0.1) is 11.6 Å². The van der Waals surface area contributed by atoms with Gasteiger partial charge in [0.25, 0.3) is 0 Å². The summed E-state index contributed by atoms with van der Waals surface area (Å²) < 4.78 is 28.9. The van der Waals surface area contributed by atoms with E-state index < -0.39 is 23.0 Å². The van der Waals surface area contributed by atoms with Crippen LogP contribution in [-0.2, 0) is 0 Å². The second-order valence-corrected chi connectivity index (χ2v) is 5.72. The SMILES string of the molecule is O=C(c1cc2sccc2s1)c1c(F)cccc1F. The van der Waals surface area contributed by atoms with Crippen molar-refractivity contribution in [2.45, 2.75) is 0 Å². The Hall–Kier alpha value is -1.59. The van der Waals surface area contributed by atoms with Gasteiger partial charge in [0.1, 0.15) is 11.6 Å². The molecule has 18 heavy (non-hydrogen) atoms. The molecule has 3 aromatic rings. The molecular weight excluding hydrogens is 274 g/mol. The summed E-state index contributed by atoms with van der Waals surface area (Å²) in [7, 11) is 0. The Bertz CT molecular complexity index is 694. The van der Waals surface area contributed by atoms with Crippen LogP contribution in [0.3, 0.4) is 0 Å². The molecule has 0 bridgehead atoms. The standard InChI is InChI=1S/C13H6F2OS2/c14-7-2-1-3-8(15)12(7)13(16)11-6-10-9(18-11)4-5-17-10/h1-6H. The minimum atomic E-state index is -0.822. The van der Waals surface area contributed by atoms with Gasteiger partial charge in [-0.3, -0.25) is 4.79 Å². The van der Waals surface area contributed by atoms with Crippen LogP contribution in [-0.4, -0.2) is 5.78 Å². The van der Waals surface area contributed by atoms with E-state index in [4.69, 9.17) is 0 Å². The molecule has 1 aromatic carbocycles. The molecule has 2 aromatic heterocycles. The molecule has 0 saturated carbocycles. The molecule has 0 atom stereocenters. The van der Waals surface area contributed by atoms with Crippen molar-refractivity contribution in [3.63, 3.8) is 0 Å². The molecule has 5 heteroatoms. The predicted octanol–water partition coefficient (Wildman–Crippen LogP) is 4.47. The van der Waals surface area contributed by atoms with Crippen molar-refractivity contribution in [3.05, 3.63) is 57.8 Å². The first kappa shape index (κ1) is 11.5. The van der Waals surface area contributed by atoms with Crippen LogP contribution in [0.5, 0.6) is 0 Å². The second kappa shape index (κ2) is 4.26. The van der Waals surface area contributed by atoms with E-state index in [0.29, 0.717) is 4.88 Å². The highest BCUT2D eigenvalue weighted by Gasteiger charge is 2.20. The fourth-order valence-electron chi connectivity index (χ4n) is 1.72. The lowest BCUT2D eigenvalue weighted by molar-refractivity contribution is 0.103. The summed E-state index contributed by atoms with van der Waals surface area (Å²) in [6, 6.07) is 6.99. The Morgan fingerprint density at radius 2 is 1.78 bits per heavy atom. The van der Waals surface area contributed by atoms with Crippen LogP contribution < -0.4 is 0 Å². The monoisotopic (exact) mass is 280 g/mol. The fourth-order valence-corrected chi connectivity index (χ4v) is 3.77. The normalized spacial score (nSPS) is 11.0. The summed E-state index contributed by atoms with van der Waals surface area (Å²) in [4.78, 5) is 12.5. The quantitative estimate of drug-likeness (QED) is 0.633. The van der Waals surface area contributed by atoms with Crippen LogP contribution in [0.25, 0.3) is 9.40 Å². The molecule has 0 fully saturated rings. The van der Waals surface area contributed by atoms with Crippen molar-refractivity contribution in [2.24, 2.45) is 0 Å². The first-order valence-electron chi connectivity index (χ1n) is 5.12. The second-order valence-electron chi connectivity index (χ2n) is 3.69. The minimum Gasteiger partial charge on any atom is -0.287 e. The smallest absolute Gasteiger partial charge is 0.208 e. The molecule has 0 radical (unpaired) electrons. The van der Waals surface area contributed by atoms with Crippen molar-refractivity contribution in [1.82, 2.24) is 0 Å². The van der Waals surface area contributed by atoms with Crippen LogP contribution in [0.1, 0.15) is 15.2 Å². The molecule has 0 spiro atoms. The van der Waals surface area contributed by atoms with Gasteiger partial charge in [-0.25, -0.2) is 8.78 Å². The Labute approximate surface area is 109 Å². The third kappa shape index (κ3) is 1.76. The number of rotatable bonds is 2. The third-order valence-electron chi connectivity index (χ3n) is 2.55. The fraction of sp³-hybridized carbons (Fsp3) is 0. The summed E-state index contributed by atoms with van der Waals surface area (Å²) >= 11 is 2.75. The average molecular weight is 280 g/mol. The van der Waals surface area contributed by atoms with E-state index in [2.05, 4.69) is 0 Å². The van der Waals surface area contributed by atoms with Crippen molar-refractivity contribution >= 4 is 37.9 Å². The van der Waals surface area contributed by atoms with E-state index in [1.54, 1.807) is 6.07 Å². The lowest BCUT2D eigenvalue weighted by Gasteiger charge is -2.01. The van der Waals surface area contributed by atoms with Gasteiger partial charge in [0.2, 0.25) is 5.78 Å². The van der Waals surface area contributed by atoms with Crippen molar-refractivity contribution in [1.29, 1.82) is 0 Å². The van der Waals surface area contributed by atoms with Crippen molar-refractivity contribution in [2.75, 3.05) is 0 Å². The highest BCUT2D eigenvalue weighted by atomic mass is 32.1. The summed E-state index contributed by atoms with van der Waals surface area (Å²) in [5, 5.41) is 1.92. The molecule has 0 amide bonds. The van der Waals surface area contributed by atoms with Gasteiger partial charge in [0.05, 0.1) is 10.4 Å². The maximum Gasteiger partial charge on any atom is 0.208 e. The number of fused-ring (bicyclic) bond motifs is 1. The van der Waals surface area contributed by atoms with Gasteiger partial charge in [-0.2, -0.15) is 0 Å². The zero-order valence-corrected chi connectivity index (χ0v) is 10.6. The number of benzene rings is 1. The Morgan fingerprint density at radius 1 is 1.06 bits per heavy atom. The number of thiophene rings is 2. The lowest BCUT2D eigenvalue weighted by Crippen LogP contribution is -2.05. The molecule has 0 unspecified atom stereocenters. The summed E-state index contributed by atoms with van der Waals surface area (Å²) in [5.41, 5.74) is -0.480. The Kier molecular flexibility index (Phi) is 2.72. The molecule has 0 aliphatic rings. The number of carbonyl (C=O) groups excluding carboxylic acids is 1. The predicted molar refractivity (Wildman–Crippen MR) is 69.5 cm³/mol. The summed E-state index contributed by atoms with van der Waals surface area (Å²) in [6.07, 6.45) is 0. The summed E-state index contributed by atoms with van der Waals surface area (Å²) in [5.74, 6) is -2.24. The zero-order chi connectivity index (χ0) is 12.7. The van der Waals surface area contributed by atoms with E-state index in [-0.39, 0.29) is 0 Å². The van der Waals surface area contributed by atoms with Crippen molar-refractivity contribution in [3.8, 4) is 0 Å². The number of carbonyl (C=O) groups is 1. The Balaban J connectivity index is 2.12. The summed E-state index contributed by atoms with van der Waals surface area (Å²) in [6.45, 7) is 0. The first-order valence-corrected chi connectivity index (χ1v) is 6.82. The zero-order valence-electron chi connectivity index (χ0n) is 8.94. The molecule has 90 valence electrons. The van der Waals surface area contributed by atoms with E-state index >= 15 is 0 Å². The largest absolute Gasteiger partial charge is 0.287 e. The first-order chi connectivity index (χ1) is 8.66. The van der Waals surface area contributed by atoms with Crippen LogP contribution in [0.2, 0.25) is 0 Å². The van der Waals surface area contributed by atoms with Gasteiger partial charge in [-0.15, -0.1) is 22.7 Å². The molecule has 0 saturated heterocycles. The van der Waals surface area contributed by atoms with Gasteiger partial charge in [0, 0.05) is 9.40 Å². The highest BCUT2D eigenvalue weighted by molar-refractivity contribution is 7.28. The van der Waals surface area contributed by atoms with Crippen LogP contribution in [0.15, 0.2) is 35.7 Å². The van der Waals surface area contributed by atoms with E-state index in [9.17, 15) is 13.6 Å². The van der Waals surface area contributed by atoms with E-state index in [1.807, 2.05) is 11.4 Å². The van der Waals surface area contributed by atoms with Gasteiger partial charge in [-0.1, -0.05) is 6.07 Å². The average Bonchev–Trinajstić information content (AvgIpc) is 2.88. The Morgan fingerprint density at radius 3 is 2.44 bits per heavy atom. The molecule has 1 nitrogen and oxygen atoms in total. The molecular formula is C13H6F2OS2. The number of halogens is 2. The molecule has 0 aliphatic carbocycles. The number of hydrogen-bond acceptors (Lipinski definition) is 3.